The Morgan fingerprint density at radius 2 is 2.12 bits per heavy atom. The molecule has 0 heterocycles. The van der Waals surface area contributed by atoms with Crippen LogP contribution in [0.3, 0.4) is 0 Å². The van der Waals surface area contributed by atoms with Crippen LogP contribution < -0.4 is 10.5 Å². The number of benzene rings is 1. The van der Waals surface area contributed by atoms with E-state index in [1.54, 1.807) is 13.2 Å². The van der Waals surface area contributed by atoms with Crippen LogP contribution >= 0.6 is 11.8 Å². The van der Waals surface area contributed by atoms with Gasteiger partial charge in [0.1, 0.15) is 11.6 Å². The minimum absolute atomic E-state index is 0.0212. The minimum Gasteiger partial charge on any atom is -0.495 e. The number of thioether (sulfide) groups is 1. The van der Waals surface area contributed by atoms with Crippen molar-refractivity contribution < 1.29 is 9.13 Å². The maximum atomic E-state index is 13.6. The van der Waals surface area contributed by atoms with Gasteiger partial charge >= 0.3 is 0 Å². The molecule has 4 heteroatoms. The molecule has 1 aliphatic carbocycles. The predicted octanol–water partition coefficient (Wildman–Crippen LogP) is 2.94. The monoisotopic (exact) mass is 255 g/mol. The third-order valence-corrected chi connectivity index (χ3v) is 4.38. The molecule has 0 aromatic heterocycles. The number of hydrogen-bond donors (Lipinski definition) is 1. The van der Waals surface area contributed by atoms with Crippen molar-refractivity contribution >= 4 is 11.8 Å². The Labute approximate surface area is 106 Å². The Morgan fingerprint density at radius 3 is 2.53 bits per heavy atom. The van der Waals surface area contributed by atoms with E-state index in [9.17, 15) is 4.39 Å². The molecule has 0 bridgehead atoms. The molecule has 1 aromatic carbocycles. The molecule has 1 aromatic rings. The molecule has 2 rings (SSSR count). The number of ether oxygens (including phenoxy) is 1. The van der Waals surface area contributed by atoms with Crippen LogP contribution in [0.4, 0.5) is 4.39 Å². The fourth-order valence-corrected chi connectivity index (χ4v) is 3.01. The van der Waals surface area contributed by atoms with Crippen molar-refractivity contribution in [1.29, 1.82) is 0 Å². The minimum atomic E-state index is -0.211. The molecule has 17 heavy (non-hydrogen) atoms. The summed E-state index contributed by atoms with van der Waals surface area (Å²) in [5, 5.41) is 0. The first-order valence-corrected chi connectivity index (χ1v) is 6.95. The molecule has 1 aliphatic rings. The van der Waals surface area contributed by atoms with Crippen molar-refractivity contribution in [3.8, 4) is 5.75 Å². The number of rotatable bonds is 4. The van der Waals surface area contributed by atoms with Crippen molar-refractivity contribution in [2.75, 3.05) is 13.4 Å². The molecule has 1 fully saturated rings. The van der Waals surface area contributed by atoms with Gasteiger partial charge in [0, 0.05) is 17.0 Å². The average molecular weight is 255 g/mol. The summed E-state index contributed by atoms with van der Waals surface area (Å²) in [5.74, 6) is 0.575. The van der Waals surface area contributed by atoms with E-state index >= 15 is 0 Å². The molecule has 0 aliphatic heterocycles. The summed E-state index contributed by atoms with van der Waals surface area (Å²) in [5.41, 5.74) is 6.89. The van der Waals surface area contributed by atoms with Gasteiger partial charge in [-0.15, -0.1) is 11.8 Å². The highest BCUT2D eigenvalue weighted by Gasteiger charge is 2.49. The SMILES string of the molecule is COc1c(SC)cc(F)cc1C1(C(C)N)CC1. The predicted molar refractivity (Wildman–Crippen MR) is 69.3 cm³/mol. The summed E-state index contributed by atoms with van der Waals surface area (Å²) >= 11 is 1.50. The van der Waals surface area contributed by atoms with Crippen LogP contribution in [0.5, 0.6) is 5.75 Å². The summed E-state index contributed by atoms with van der Waals surface area (Å²) < 4.78 is 19.1. The Morgan fingerprint density at radius 1 is 1.47 bits per heavy atom. The lowest BCUT2D eigenvalue weighted by atomic mass is 9.88. The van der Waals surface area contributed by atoms with Crippen molar-refractivity contribution in [3.63, 3.8) is 0 Å². The van der Waals surface area contributed by atoms with Crippen molar-refractivity contribution in [3.05, 3.63) is 23.5 Å². The number of nitrogens with two attached hydrogens (primary N) is 1. The smallest absolute Gasteiger partial charge is 0.136 e. The maximum absolute atomic E-state index is 13.6. The molecule has 2 N–H and O–H groups in total. The van der Waals surface area contributed by atoms with Crippen LogP contribution in [-0.2, 0) is 5.41 Å². The maximum Gasteiger partial charge on any atom is 0.136 e. The van der Waals surface area contributed by atoms with E-state index in [4.69, 9.17) is 10.5 Å². The molecule has 1 saturated carbocycles. The molecule has 0 amide bonds. The topological polar surface area (TPSA) is 35.2 Å². The lowest BCUT2D eigenvalue weighted by molar-refractivity contribution is 0.386. The Hall–Kier alpha value is -0.740. The first-order chi connectivity index (χ1) is 8.05. The lowest BCUT2D eigenvalue weighted by Crippen LogP contribution is -2.32. The van der Waals surface area contributed by atoms with Crippen LogP contribution in [0.15, 0.2) is 17.0 Å². The normalized spacial score (nSPS) is 18.9. The van der Waals surface area contributed by atoms with Gasteiger partial charge in [0.15, 0.2) is 0 Å². The zero-order valence-electron chi connectivity index (χ0n) is 10.4. The summed E-state index contributed by atoms with van der Waals surface area (Å²) in [4.78, 5) is 0.842. The molecule has 0 spiro atoms. The third-order valence-electron chi connectivity index (χ3n) is 3.64. The molecule has 1 atom stereocenters. The first-order valence-electron chi connectivity index (χ1n) is 5.72. The van der Waals surface area contributed by atoms with Gasteiger partial charge in [-0.25, -0.2) is 4.39 Å². The zero-order valence-corrected chi connectivity index (χ0v) is 11.2. The summed E-state index contributed by atoms with van der Waals surface area (Å²) in [7, 11) is 1.63. The van der Waals surface area contributed by atoms with Crippen LogP contribution in [0.25, 0.3) is 0 Å². The number of methoxy groups -OCH3 is 1. The third kappa shape index (κ3) is 2.04. The fourth-order valence-electron chi connectivity index (χ4n) is 2.41. The van der Waals surface area contributed by atoms with Gasteiger partial charge in [-0.05, 0) is 38.2 Å². The van der Waals surface area contributed by atoms with E-state index in [0.29, 0.717) is 0 Å². The molecular formula is C13H18FNOS. The Bertz CT molecular complexity index is 430. The van der Waals surface area contributed by atoms with Crippen molar-refractivity contribution in [2.45, 2.75) is 36.1 Å². The van der Waals surface area contributed by atoms with Crippen LogP contribution in [0.2, 0.25) is 0 Å². The standard InChI is InChI=1S/C13H18FNOS/c1-8(15)13(4-5-13)10-6-9(14)7-11(17-3)12(10)16-2/h6-8H,4-5,15H2,1-3H3. The van der Waals surface area contributed by atoms with Gasteiger partial charge < -0.3 is 10.5 Å². The van der Waals surface area contributed by atoms with E-state index < -0.39 is 0 Å². The molecule has 94 valence electrons. The second-order valence-electron chi connectivity index (χ2n) is 4.63. The molecule has 0 saturated heterocycles. The second-order valence-corrected chi connectivity index (χ2v) is 5.48. The summed E-state index contributed by atoms with van der Waals surface area (Å²) in [6, 6.07) is 3.12. The average Bonchev–Trinajstić information content (AvgIpc) is 3.08. The molecule has 0 radical (unpaired) electrons. The first kappa shape index (κ1) is 12.7. The summed E-state index contributed by atoms with van der Waals surface area (Å²) in [6.07, 6.45) is 3.95. The fraction of sp³-hybridized carbons (Fsp3) is 0.538. The largest absolute Gasteiger partial charge is 0.495 e. The highest BCUT2D eigenvalue weighted by Crippen LogP contribution is 2.54. The van der Waals surface area contributed by atoms with Gasteiger partial charge in [-0.1, -0.05) is 0 Å². The quantitative estimate of drug-likeness (QED) is 0.840. The van der Waals surface area contributed by atoms with Crippen molar-refractivity contribution in [1.82, 2.24) is 0 Å². The van der Waals surface area contributed by atoms with Gasteiger partial charge in [0.05, 0.1) is 12.0 Å². The Kier molecular flexibility index (Phi) is 3.36. The van der Waals surface area contributed by atoms with Gasteiger partial charge in [-0.3, -0.25) is 0 Å². The van der Waals surface area contributed by atoms with E-state index in [0.717, 1.165) is 29.1 Å². The molecule has 1 unspecified atom stereocenters. The summed E-state index contributed by atoms with van der Waals surface area (Å²) in [6.45, 7) is 1.98. The van der Waals surface area contributed by atoms with E-state index in [1.165, 1.54) is 17.8 Å². The highest BCUT2D eigenvalue weighted by atomic mass is 32.2. The van der Waals surface area contributed by atoms with Crippen LogP contribution in [-0.4, -0.2) is 19.4 Å². The number of halogens is 1. The molecular weight excluding hydrogens is 237 g/mol. The Balaban J connectivity index is 2.56. The van der Waals surface area contributed by atoms with Crippen LogP contribution in [0.1, 0.15) is 25.3 Å². The van der Waals surface area contributed by atoms with E-state index in [2.05, 4.69) is 0 Å². The van der Waals surface area contributed by atoms with Gasteiger partial charge in [0.25, 0.3) is 0 Å². The van der Waals surface area contributed by atoms with Crippen LogP contribution in [0, 0.1) is 5.82 Å². The second kappa shape index (κ2) is 4.50. The number of hydrogen-bond acceptors (Lipinski definition) is 3. The van der Waals surface area contributed by atoms with Crippen molar-refractivity contribution in [2.24, 2.45) is 5.73 Å². The molecule has 2 nitrogen and oxygen atoms in total. The highest BCUT2D eigenvalue weighted by molar-refractivity contribution is 7.98. The zero-order chi connectivity index (χ0) is 12.6. The van der Waals surface area contributed by atoms with E-state index in [1.807, 2.05) is 13.2 Å². The van der Waals surface area contributed by atoms with Gasteiger partial charge in [0.2, 0.25) is 0 Å². The van der Waals surface area contributed by atoms with E-state index in [-0.39, 0.29) is 17.3 Å². The van der Waals surface area contributed by atoms with Gasteiger partial charge in [-0.2, -0.15) is 0 Å². The lowest BCUT2D eigenvalue weighted by Gasteiger charge is -2.24.